The summed E-state index contributed by atoms with van der Waals surface area (Å²) in [6, 6.07) is 10.7. The van der Waals surface area contributed by atoms with Crippen LogP contribution in [0.3, 0.4) is 0 Å². The van der Waals surface area contributed by atoms with Crippen LogP contribution in [0.4, 0.5) is 5.82 Å². The minimum absolute atomic E-state index is 0.0514. The third kappa shape index (κ3) is 3.62. The number of nitrogen functional groups attached to an aromatic ring is 1. The van der Waals surface area contributed by atoms with Crippen molar-refractivity contribution in [3.05, 3.63) is 46.8 Å². The molecule has 138 valence electrons. The van der Waals surface area contributed by atoms with Gasteiger partial charge in [-0.1, -0.05) is 30.3 Å². The van der Waals surface area contributed by atoms with Crippen molar-refractivity contribution in [2.75, 3.05) is 31.9 Å². The molecule has 1 aromatic heterocycles. The van der Waals surface area contributed by atoms with Crippen molar-refractivity contribution in [2.24, 2.45) is 5.41 Å². The molecule has 3 heterocycles. The summed E-state index contributed by atoms with van der Waals surface area (Å²) in [4.78, 5) is 17.5. The summed E-state index contributed by atoms with van der Waals surface area (Å²) in [6.07, 6.45) is 4.69. The monoisotopic (exact) mass is 370 g/mol. The molecular formula is C20H26N4OS. The SMILES string of the molecule is Nc1nscc1C(=O)N1CCC[C@]2(CCCN(Cc3ccccc3)C2)C1. The number of aromatic nitrogens is 1. The second-order valence-electron chi connectivity index (χ2n) is 7.74. The van der Waals surface area contributed by atoms with Crippen LogP contribution in [0.25, 0.3) is 0 Å². The maximum atomic E-state index is 12.9. The second kappa shape index (κ2) is 7.37. The number of amides is 1. The van der Waals surface area contributed by atoms with Crippen molar-refractivity contribution < 1.29 is 4.79 Å². The molecule has 0 aliphatic carbocycles. The van der Waals surface area contributed by atoms with Crippen LogP contribution in [0.5, 0.6) is 0 Å². The molecule has 0 bridgehead atoms. The third-order valence-electron chi connectivity index (χ3n) is 5.77. The van der Waals surface area contributed by atoms with Crippen molar-refractivity contribution in [1.29, 1.82) is 0 Å². The Morgan fingerprint density at radius 1 is 1.15 bits per heavy atom. The summed E-state index contributed by atoms with van der Waals surface area (Å²) in [5.41, 5.74) is 8.03. The molecule has 4 rings (SSSR count). The highest BCUT2D eigenvalue weighted by Gasteiger charge is 2.40. The van der Waals surface area contributed by atoms with Crippen LogP contribution in [0, 0.1) is 5.41 Å². The first-order valence-electron chi connectivity index (χ1n) is 9.41. The van der Waals surface area contributed by atoms with E-state index in [2.05, 4.69) is 39.6 Å². The van der Waals surface area contributed by atoms with E-state index < -0.39 is 0 Å². The summed E-state index contributed by atoms with van der Waals surface area (Å²) >= 11 is 1.26. The fourth-order valence-corrected chi connectivity index (χ4v) is 5.17. The predicted molar refractivity (Wildman–Crippen MR) is 105 cm³/mol. The molecule has 1 amide bonds. The van der Waals surface area contributed by atoms with Crippen LogP contribution in [-0.2, 0) is 6.54 Å². The fraction of sp³-hybridized carbons (Fsp3) is 0.500. The Morgan fingerprint density at radius 3 is 2.65 bits per heavy atom. The number of rotatable bonds is 3. The molecule has 26 heavy (non-hydrogen) atoms. The molecule has 1 atom stereocenters. The van der Waals surface area contributed by atoms with E-state index in [-0.39, 0.29) is 11.3 Å². The zero-order valence-corrected chi connectivity index (χ0v) is 15.9. The number of hydrogen-bond acceptors (Lipinski definition) is 5. The van der Waals surface area contributed by atoms with Gasteiger partial charge in [-0.3, -0.25) is 9.69 Å². The van der Waals surface area contributed by atoms with Gasteiger partial charge in [-0.25, -0.2) is 0 Å². The first kappa shape index (κ1) is 17.5. The van der Waals surface area contributed by atoms with Gasteiger partial charge in [0, 0.05) is 37.0 Å². The van der Waals surface area contributed by atoms with Gasteiger partial charge in [0.25, 0.3) is 5.91 Å². The fourth-order valence-electron chi connectivity index (χ4n) is 4.58. The number of nitrogens with zero attached hydrogens (tertiary/aromatic N) is 3. The molecule has 0 radical (unpaired) electrons. The lowest BCUT2D eigenvalue weighted by atomic mass is 9.73. The van der Waals surface area contributed by atoms with Crippen molar-refractivity contribution in [1.82, 2.24) is 14.2 Å². The van der Waals surface area contributed by atoms with Gasteiger partial charge in [-0.15, -0.1) is 0 Å². The first-order chi connectivity index (χ1) is 12.7. The van der Waals surface area contributed by atoms with E-state index in [1.165, 1.54) is 36.4 Å². The molecule has 2 saturated heterocycles. The zero-order chi connectivity index (χ0) is 18.0. The number of piperidine rings is 2. The Bertz CT molecular complexity index is 758. The number of carbonyl (C=O) groups excluding carboxylic acids is 1. The average molecular weight is 371 g/mol. The van der Waals surface area contributed by atoms with E-state index in [9.17, 15) is 4.79 Å². The van der Waals surface area contributed by atoms with E-state index in [1.54, 1.807) is 5.38 Å². The van der Waals surface area contributed by atoms with Gasteiger partial charge in [0.05, 0.1) is 5.56 Å². The highest BCUT2D eigenvalue weighted by molar-refractivity contribution is 7.04. The van der Waals surface area contributed by atoms with Gasteiger partial charge in [0.15, 0.2) is 0 Å². The molecule has 0 saturated carbocycles. The van der Waals surface area contributed by atoms with E-state index in [4.69, 9.17) is 5.73 Å². The number of likely N-dealkylation sites (tertiary alicyclic amines) is 2. The van der Waals surface area contributed by atoms with Gasteiger partial charge in [0.2, 0.25) is 0 Å². The minimum atomic E-state index is 0.0514. The normalized spacial score (nSPS) is 24.1. The van der Waals surface area contributed by atoms with Crippen molar-refractivity contribution >= 4 is 23.3 Å². The second-order valence-corrected chi connectivity index (χ2v) is 8.37. The molecule has 6 heteroatoms. The van der Waals surface area contributed by atoms with Gasteiger partial charge in [-0.2, -0.15) is 4.37 Å². The standard InChI is InChI=1S/C20H26N4OS/c21-18-17(13-26-22-18)19(25)24-11-5-9-20(15-24)8-4-10-23(14-20)12-16-6-2-1-3-7-16/h1-3,6-7,13H,4-5,8-12,14-15H2,(H2,21,22)/t20-/m0/s1. The van der Waals surface area contributed by atoms with Gasteiger partial charge in [-0.05, 0) is 49.3 Å². The molecule has 2 aromatic rings. The van der Waals surface area contributed by atoms with Crippen LogP contribution in [-0.4, -0.2) is 46.3 Å². The predicted octanol–water partition coefficient (Wildman–Crippen LogP) is 3.24. The smallest absolute Gasteiger partial charge is 0.258 e. The van der Waals surface area contributed by atoms with E-state index in [0.29, 0.717) is 11.4 Å². The van der Waals surface area contributed by atoms with Crippen LogP contribution >= 0.6 is 11.5 Å². The number of benzene rings is 1. The van der Waals surface area contributed by atoms with E-state index in [1.807, 2.05) is 4.90 Å². The average Bonchev–Trinajstić information content (AvgIpc) is 3.08. The van der Waals surface area contributed by atoms with Gasteiger partial charge in [0.1, 0.15) is 5.82 Å². The highest BCUT2D eigenvalue weighted by Crippen LogP contribution is 2.39. The van der Waals surface area contributed by atoms with Crippen LogP contribution in [0.15, 0.2) is 35.7 Å². The van der Waals surface area contributed by atoms with Crippen LogP contribution in [0.2, 0.25) is 0 Å². The number of carbonyl (C=O) groups is 1. The van der Waals surface area contributed by atoms with Crippen LogP contribution < -0.4 is 5.73 Å². The molecule has 1 spiro atoms. The molecule has 0 unspecified atom stereocenters. The molecule has 2 aliphatic rings. The molecule has 1 aromatic carbocycles. The molecule has 2 aliphatic heterocycles. The van der Waals surface area contributed by atoms with Crippen molar-refractivity contribution in [2.45, 2.75) is 32.2 Å². The van der Waals surface area contributed by atoms with Gasteiger partial charge < -0.3 is 10.6 Å². The van der Waals surface area contributed by atoms with Gasteiger partial charge >= 0.3 is 0 Å². The molecule has 5 nitrogen and oxygen atoms in total. The zero-order valence-electron chi connectivity index (χ0n) is 15.1. The summed E-state index contributed by atoms with van der Waals surface area (Å²) in [5, 5.41) is 1.78. The minimum Gasteiger partial charge on any atom is -0.382 e. The number of nitrogens with two attached hydrogens (primary N) is 1. The highest BCUT2D eigenvalue weighted by atomic mass is 32.1. The molecule has 2 fully saturated rings. The largest absolute Gasteiger partial charge is 0.382 e. The molecule has 2 N–H and O–H groups in total. The maximum Gasteiger partial charge on any atom is 0.258 e. The number of hydrogen-bond donors (Lipinski definition) is 1. The lowest BCUT2D eigenvalue weighted by molar-refractivity contribution is 0.0114. The van der Waals surface area contributed by atoms with Crippen molar-refractivity contribution in [3.8, 4) is 0 Å². The first-order valence-corrected chi connectivity index (χ1v) is 10.2. The lowest BCUT2D eigenvalue weighted by Crippen LogP contribution is -2.53. The van der Waals surface area contributed by atoms with Crippen molar-refractivity contribution in [3.63, 3.8) is 0 Å². The summed E-state index contributed by atoms with van der Waals surface area (Å²) in [5.74, 6) is 0.421. The molecular weight excluding hydrogens is 344 g/mol. The Labute approximate surface area is 159 Å². The lowest BCUT2D eigenvalue weighted by Gasteiger charge is -2.48. The van der Waals surface area contributed by atoms with E-state index >= 15 is 0 Å². The Hall–Kier alpha value is -1.92. The number of anilines is 1. The quantitative estimate of drug-likeness (QED) is 0.901. The third-order valence-corrected chi connectivity index (χ3v) is 6.41. The Kier molecular flexibility index (Phi) is 4.96. The Morgan fingerprint density at radius 2 is 1.92 bits per heavy atom. The summed E-state index contributed by atoms with van der Waals surface area (Å²) in [7, 11) is 0. The summed E-state index contributed by atoms with van der Waals surface area (Å²) in [6.45, 7) is 4.88. The Balaban J connectivity index is 1.45. The maximum absolute atomic E-state index is 12.9. The van der Waals surface area contributed by atoms with Crippen LogP contribution in [0.1, 0.15) is 41.6 Å². The van der Waals surface area contributed by atoms with E-state index in [0.717, 1.165) is 39.1 Å². The summed E-state index contributed by atoms with van der Waals surface area (Å²) < 4.78 is 4.06. The topological polar surface area (TPSA) is 62.5 Å².